The molecular weight excluding hydrogens is 230 g/mol. The summed E-state index contributed by atoms with van der Waals surface area (Å²) in [6, 6.07) is 11.9. The summed E-state index contributed by atoms with van der Waals surface area (Å²) in [6.45, 7) is 0. The van der Waals surface area contributed by atoms with E-state index in [0.717, 1.165) is 0 Å². The van der Waals surface area contributed by atoms with Crippen molar-refractivity contribution in [3.63, 3.8) is 0 Å². The third kappa shape index (κ3) is 2.24. The van der Waals surface area contributed by atoms with Crippen LogP contribution in [0.2, 0.25) is 0 Å². The number of benzene rings is 2. The maximum absolute atomic E-state index is 10.3. The Balaban J connectivity index is 2.41. The molecule has 4 N–H and O–H groups in total. The number of rotatable bonds is 3. The number of methoxy groups -OCH3 is 1. The van der Waals surface area contributed by atoms with Crippen molar-refractivity contribution in [3.05, 3.63) is 53.6 Å². The molecule has 0 saturated carbocycles. The van der Waals surface area contributed by atoms with Crippen molar-refractivity contribution in [1.82, 2.24) is 0 Å². The summed E-state index contributed by atoms with van der Waals surface area (Å²) in [5.74, 6) is 0.625. The molecule has 0 bridgehead atoms. The van der Waals surface area contributed by atoms with E-state index in [-0.39, 0.29) is 11.4 Å². The number of hydrogen-bond acceptors (Lipinski definition) is 4. The first-order chi connectivity index (χ1) is 8.63. The number of aliphatic hydroxyl groups excluding tert-OH is 1. The highest BCUT2D eigenvalue weighted by Crippen LogP contribution is 2.32. The van der Waals surface area contributed by atoms with Gasteiger partial charge >= 0.3 is 0 Å². The Hall–Kier alpha value is -2.20. The fourth-order valence-electron chi connectivity index (χ4n) is 1.80. The summed E-state index contributed by atoms with van der Waals surface area (Å²) in [5, 5.41) is 19.8. The summed E-state index contributed by atoms with van der Waals surface area (Å²) in [4.78, 5) is 0. The minimum absolute atomic E-state index is 0.0329. The first-order valence-corrected chi connectivity index (χ1v) is 5.53. The molecule has 4 heteroatoms. The number of phenolic OH excluding ortho intramolecular Hbond substituents is 1. The molecule has 4 nitrogen and oxygen atoms in total. The van der Waals surface area contributed by atoms with Gasteiger partial charge in [0, 0.05) is 5.56 Å². The lowest BCUT2D eigenvalue weighted by molar-refractivity contribution is 0.220. The maximum atomic E-state index is 10.3. The summed E-state index contributed by atoms with van der Waals surface area (Å²) in [7, 11) is 1.56. The Morgan fingerprint density at radius 1 is 1.17 bits per heavy atom. The van der Waals surface area contributed by atoms with Gasteiger partial charge in [0.2, 0.25) is 0 Å². The second-order valence-electron chi connectivity index (χ2n) is 3.96. The fourth-order valence-corrected chi connectivity index (χ4v) is 1.80. The van der Waals surface area contributed by atoms with Gasteiger partial charge in [-0.15, -0.1) is 0 Å². The van der Waals surface area contributed by atoms with Crippen LogP contribution in [0.15, 0.2) is 42.5 Å². The molecule has 0 aromatic heterocycles. The second kappa shape index (κ2) is 4.98. The van der Waals surface area contributed by atoms with Gasteiger partial charge in [-0.05, 0) is 23.8 Å². The van der Waals surface area contributed by atoms with E-state index in [0.29, 0.717) is 16.9 Å². The van der Waals surface area contributed by atoms with Gasteiger partial charge in [0.25, 0.3) is 0 Å². The Morgan fingerprint density at radius 3 is 2.61 bits per heavy atom. The molecular formula is C14H15NO3. The molecule has 1 unspecified atom stereocenters. The Bertz CT molecular complexity index is 554. The molecule has 0 aliphatic rings. The number of phenols is 1. The molecule has 0 amide bonds. The first-order valence-electron chi connectivity index (χ1n) is 5.53. The predicted molar refractivity (Wildman–Crippen MR) is 69.6 cm³/mol. The average Bonchev–Trinajstić information content (AvgIpc) is 2.41. The molecule has 0 saturated heterocycles. The van der Waals surface area contributed by atoms with Crippen molar-refractivity contribution in [1.29, 1.82) is 0 Å². The smallest absolute Gasteiger partial charge is 0.138 e. The first kappa shape index (κ1) is 12.3. The van der Waals surface area contributed by atoms with Crippen LogP contribution in [-0.4, -0.2) is 17.3 Å². The minimum atomic E-state index is -0.896. The molecule has 18 heavy (non-hydrogen) atoms. The van der Waals surface area contributed by atoms with E-state index < -0.39 is 6.10 Å². The van der Waals surface area contributed by atoms with E-state index in [1.807, 2.05) is 0 Å². The summed E-state index contributed by atoms with van der Waals surface area (Å²) in [5.41, 5.74) is 7.07. The Kier molecular flexibility index (Phi) is 3.39. The zero-order valence-corrected chi connectivity index (χ0v) is 10.00. The van der Waals surface area contributed by atoms with Crippen molar-refractivity contribution in [3.8, 4) is 11.5 Å². The van der Waals surface area contributed by atoms with Crippen molar-refractivity contribution < 1.29 is 14.9 Å². The van der Waals surface area contributed by atoms with Crippen LogP contribution < -0.4 is 10.5 Å². The Labute approximate surface area is 105 Å². The van der Waals surface area contributed by atoms with Crippen LogP contribution in [0.4, 0.5) is 5.69 Å². The quantitative estimate of drug-likeness (QED) is 0.571. The lowest BCUT2D eigenvalue weighted by atomic mass is 9.99. The lowest BCUT2D eigenvalue weighted by Crippen LogP contribution is -2.04. The molecule has 2 rings (SSSR count). The molecule has 0 heterocycles. The number of aromatic hydroxyl groups is 1. The van der Waals surface area contributed by atoms with E-state index in [2.05, 4.69) is 0 Å². The van der Waals surface area contributed by atoms with Crippen molar-refractivity contribution in [2.24, 2.45) is 0 Å². The van der Waals surface area contributed by atoms with Gasteiger partial charge in [-0.3, -0.25) is 0 Å². The zero-order valence-electron chi connectivity index (χ0n) is 10.00. The number of nitrogens with two attached hydrogens (primary N) is 1. The third-order valence-corrected chi connectivity index (χ3v) is 2.82. The van der Waals surface area contributed by atoms with Gasteiger partial charge in [0.05, 0.1) is 12.8 Å². The molecule has 0 aliphatic carbocycles. The largest absolute Gasteiger partial charge is 0.506 e. The minimum Gasteiger partial charge on any atom is -0.506 e. The van der Waals surface area contributed by atoms with Gasteiger partial charge < -0.3 is 20.7 Å². The average molecular weight is 245 g/mol. The van der Waals surface area contributed by atoms with E-state index in [1.165, 1.54) is 6.07 Å². The number of para-hydroxylation sites is 1. The molecule has 1 atom stereocenters. The topological polar surface area (TPSA) is 75.7 Å². The zero-order chi connectivity index (χ0) is 13.1. The van der Waals surface area contributed by atoms with Crippen molar-refractivity contribution in [2.75, 3.05) is 12.8 Å². The SMILES string of the molecule is COc1cccc(C(O)c2cccc(O)c2N)c1. The molecule has 2 aromatic carbocycles. The van der Waals surface area contributed by atoms with Crippen LogP contribution in [0.3, 0.4) is 0 Å². The van der Waals surface area contributed by atoms with E-state index in [9.17, 15) is 10.2 Å². The van der Waals surface area contributed by atoms with Crippen LogP contribution >= 0.6 is 0 Å². The molecule has 0 radical (unpaired) electrons. The predicted octanol–water partition coefficient (Wildman–Crippen LogP) is 2.06. The molecule has 94 valence electrons. The van der Waals surface area contributed by atoms with Gasteiger partial charge in [-0.1, -0.05) is 24.3 Å². The van der Waals surface area contributed by atoms with Crippen LogP contribution in [0.1, 0.15) is 17.2 Å². The monoisotopic (exact) mass is 245 g/mol. The maximum Gasteiger partial charge on any atom is 0.138 e. The van der Waals surface area contributed by atoms with E-state index in [4.69, 9.17) is 10.5 Å². The van der Waals surface area contributed by atoms with E-state index >= 15 is 0 Å². The van der Waals surface area contributed by atoms with Crippen LogP contribution in [0.5, 0.6) is 11.5 Å². The van der Waals surface area contributed by atoms with Gasteiger partial charge in [-0.2, -0.15) is 0 Å². The summed E-state index contributed by atoms with van der Waals surface area (Å²) >= 11 is 0. The van der Waals surface area contributed by atoms with Crippen molar-refractivity contribution in [2.45, 2.75) is 6.10 Å². The van der Waals surface area contributed by atoms with Gasteiger partial charge in [0.1, 0.15) is 17.6 Å². The third-order valence-electron chi connectivity index (χ3n) is 2.82. The van der Waals surface area contributed by atoms with Gasteiger partial charge in [-0.25, -0.2) is 0 Å². The molecule has 0 aliphatic heterocycles. The second-order valence-corrected chi connectivity index (χ2v) is 3.96. The molecule has 0 spiro atoms. The number of anilines is 1. The summed E-state index contributed by atoms with van der Waals surface area (Å²) < 4.78 is 5.10. The normalized spacial score (nSPS) is 12.1. The lowest BCUT2D eigenvalue weighted by Gasteiger charge is -2.15. The molecule has 2 aromatic rings. The van der Waals surface area contributed by atoms with Crippen LogP contribution in [-0.2, 0) is 0 Å². The number of aliphatic hydroxyl groups is 1. The van der Waals surface area contributed by atoms with E-state index in [1.54, 1.807) is 43.5 Å². The summed E-state index contributed by atoms with van der Waals surface area (Å²) in [6.07, 6.45) is -0.896. The highest BCUT2D eigenvalue weighted by molar-refractivity contribution is 5.60. The number of hydrogen-bond donors (Lipinski definition) is 3. The number of ether oxygens (including phenoxy) is 1. The van der Waals surface area contributed by atoms with Crippen molar-refractivity contribution >= 4 is 5.69 Å². The van der Waals surface area contributed by atoms with Gasteiger partial charge in [0.15, 0.2) is 0 Å². The molecule has 0 fully saturated rings. The highest BCUT2D eigenvalue weighted by Gasteiger charge is 2.15. The Morgan fingerprint density at radius 2 is 1.89 bits per heavy atom. The number of nitrogen functional groups attached to an aromatic ring is 1. The van der Waals surface area contributed by atoms with Crippen LogP contribution in [0, 0.1) is 0 Å². The van der Waals surface area contributed by atoms with Crippen LogP contribution in [0.25, 0.3) is 0 Å². The fraction of sp³-hybridized carbons (Fsp3) is 0.143. The highest BCUT2D eigenvalue weighted by atomic mass is 16.5. The standard InChI is InChI=1S/C14H15NO3/c1-18-10-5-2-4-9(8-10)14(17)11-6-3-7-12(16)13(11)15/h2-8,14,16-17H,15H2,1H3.